The lowest BCUT2D eigenvalue weighted by Crippen LogP contribution is -2.16. The number of hydrogen-bond donors (Lipinski definition) is 1. The minimum absolute atomic E-state index is 0.0681. The normalized spacial score (nSPS) is 11.5. The predicted octanol–water partition coefficient (Wildman–Crippen LogP) is 5.46. The van der Waals surface area contributed by atoms with Crippen molar-refractivity contribution in [2.45, 2.75) is 31.5 Å². The van der Waals surface area contributed by atoms with E-state index in [2.05, 4.69) is 20.3 Å². The highest BCUT2D eigenvalue weighted by Crippen LogP contribution is 2.30. The maximum absolute atomic E-state index is 14.1. The van der Waals surface area contributed by atoms with Crippen LogP contribution in [0.3, 0.4) is 0 Å². The zero-order valence-electron chi connectivity index (χ0n) is 19.7. The number of halogens is 2. The number of sulfone groups is 1. The second kappa shape index (κ2) is 10.8. The van der Waals surface area contributed by atoms with Gasteiger partial charge in [-0.25, -0.2) is 27.2 Å². The first kappa shape index (κ1) is 25.2. The molecule has 0 aliphatic rings. The first-order valence-electron chi connectivity index (χ1n) is 11.1. The zero-order valence-corrected chi connectivity index (χ0v) is 20.5. The van der Waals surface area contributed by atoms with Crippen LogP contribution in [0.2, 0.25) is 0 Å². The molecule has 3 aromatic carbocycles. The average molecular weight is 511 g/mol. The van der Waals surface area contributed by atoms with Crippen LogP contribution in [0.4, 0.5) is 20.4 Å². The molecule has 7 nitrogen and oxygen atoms in total. The number of ether oxygens (including phenoxy) is 1. The van der Waals surface area contributed by atoms with E-state index >= 15 is 0 Å². The number of rotatable bonds is 9. The van der Waals surface area contributed by atoms with E-state index in [4.69, 9.17) is 4.74 Å². The molecule has 4 aromatic rings. The SMILES string of the molecule is CC(C)S(=O)(=O)Cc1cccc(Nc2ncnc(-c3cc(F)ccc3OCc3cccc(F)c3)n2)c1. The number of nitrogens with one attached hydrogen (secondary N) is 1. The van der Waals surface area contributed by atoms with Crippen molar-refractivity contribution in [1.29, 1.82) is 0 Å². The Hall–Kier alpha value is -3.92. The van der Waals surface area contributed by atoms with Gasteiger partial charge in [0.25, 0.3) is 0 Å². The summed E-state index contributed by atoms with van der Waals surface area (Å²) in [5.74, 6) is -0.299. The lowest BCUT2D eigenvalue weighted by molar-refractivity contribution is 0.306. The summed E-state index contributed by atoms with van der Waals surface area (Å²) in [6, 6.07) is 16.9. The lowest BCUT2D eigenvalue weighted by Gasteiger charge is -2.12. The summed E-state index contributed by atoms with van der Waals surface area (Å²) in [4.78, 5) is 12.7. The van der Waals surface area contributed by atoms with Crippen LogP contribution in [0.1, 0.15) is 25.0 Å². The van der Waals surface area contributed by atoms with Crippen LogP contribution >= 0.6 is 0 Å². The largest absolute Gasteiger partial charge is 0.488 e. The highest BCUT2D eigenvalue weighted by Gasteiger charge is 2.17. The van der Waals surface area contributed by atoms with Gasteiger partial charge in [-0.15, -0.1) is 0 Å². The van der Waals surface area contributed by atoms with Gasteiger partial charge < -0.3 is 10.1 Å². The van der Waals surface area contributed by atoms with Gasteiger partial charge in [-0.1, -0.05) is 24.3 Å². The first-order chi connectivity index (χ1) is 17.2. The molecule has 186 valence electrons. The minimum atomic E-state index is -3.26. The molecule has 0 saturated heterocycles. The second-order valence-corrected chi connectivity index (χ2v) is 10.9. The molecule has 0 atom stereocenters. The summed E-state index contributed by atoms with van der Waals surface area (Å²) >= 11 is 0. The van der Waals surface area contributed by atoms with Gasteiger partial charge >= 0.3 is 0 Å². The van der Waals surface area contributed by atoms with E-state index in [0.717, 1.165) is 0 Å². The Bertz CT molecular complexity index is 1480. The Morgan fingerprint density at radius 1 is 0.917 bits per heavy atom. The Morgan fingerprint density at radius 2 is 1.67 bits per heavy atom. The smallest absolute Gasteiger partial charge is 0.230 e. The summed E-state index contributed by atoms with van der Waals surface area (Å²) in [5.41, 5.74) is 2.13. The Kier molecular flexibility index (Phi) is 7.54. The highest BCUT2D eigenvalue weighted by molar-refractivity contribution is 7.91. The number of anilines is 2. The molecule has 0 unspecified atom stereocenters. The van der Waals surface area contributed by atoms with Crippen molar-refractivity contribution in [3.05, 3.63) is 95.8 Å². The van der Waals surface area contributed by atoms with Crippen LogP contribution < -0.4 is 10.1 Å². The molecular weight excluding hydrogens is 486 g/mol. The number of benzene rings is 3. The van der Waals surface area contributed by atoms with Crippen LogP contribution in [0, 0.1) is 11.6 Å². The molecule has 4 rings (SSSR count). The fourth-order valence-corrected chi connectivity index (χ4v) is 4.32. The molecule has 0 spiro atoms. The van der Waals surface area contributed by atoms with Crippen LogP contribution in [0.5, 0.6) is 5.75 Å². The fraction of sp³-hybridized carbons (Fsp3) is 0.192. The molecule has 1 heterocycles. The Balaban J connectivity index is 1.56. The molecule has 36 heavy (non-hydrogen) atoms. The van der Waals surface area contributed by atoms with Gasteiger partial charge in [0, 0.05) is 5.69 Å². The van der Waals surface area contributed by atoms with Gasteiger partial charge in [0.2, 0.25) is 5.95 Å². The van der Waals surface area contributed by atoms with E-state index in [1.807, 2.05) is 0 Å². The van der Waals surface area contributed by atoms with Crippen LogP contribution in [-0.2, 0) is 22.2 Å². The van der Waals surface area contributed by atoms with Crippen LogP contribution in [-0.4, -0.2) is 28.6 Å². The number of aromatic nitrogens is 3. The molecule has 0 fully saturated rings. The Morgan fingerprint density at radius 3 is 2.44 bits per heavy atom. The summed E-state index contributed by atoms with van der Waals surface area (Å²) < 4.78 is 57.9. The fourth-order valence-electron chi connectivity index (χ4n) is 3.34. The molecule has 0 aliphatic heterocycles. The van der Waals surface area contributed by atoms with Gasteiger partial charge in [-0.2, -0.15) is 4.98 Å². The van der Waals surface area contributed by atoms with E-state index in [1.54, 1.807) is 50.2 Å². The standard InChI is InChI=1S/C26H24F2N4O3S/c1-17(2)36(33,34)15-19-6-4-8-22(12-19)31-26-30-16-29-25(32-26)23-13-21(28)9-10-24(23)35-14-18-5-3-7-20(27)11-18/h3-13,16-17H,14-15H2,1-2H3,(H,29,30,31,32). The van der Waals surface area contributed by atoms with Crippen molar-refractivity contribution in [2.75, 3.05) is 5.32 Å². The third kappa shape index (κ3) is 6.39. The van der Waals surface area contributed by atoms with Gasteiger partial charge in [0.05, 0.1) is 16.6 Å². The van der Waals surface area contributed by atoms with Crippen LogP contribution in [0.25, 0.3) is 11.4 Å². The van der Waals surface area contributed by atoms with E-state index in [1.165, 1.54) is 36.7 Å². The quantitative estimate of drug-likeness (QED) is 0.319. The molecule has 1 aromatic heterocycles. The second-order valence-electron chi connectivity index (χ2n) is 8.37. The molecule has 0 amide bonds. The maximum Gasteiger partial charge on any atom is 0.230 e. The first-order valence-corrected chi connectivity index (χ1v) is 12.8. The van der Waals surface area contributed by atoms with Crippen molar-refractivity contribution >= 4 is 21.5 Å². The zero-order chi connectivity index (χ0) is 25.7. The van der Waals surface area contributed by atoms with Gasteiger partial charge in [0.15, 0.2) is 15.7 Å². The van der Waals surface area contributed by atoms with Crippen molar-refractivity contribution in [1.82, 2.24) is 15.0 Å². The number of hydrogen-bond acceptors (Lipinski definition) is 7. The molecule has 0 aliphatic carbocycles. The molecule has 1 N–H and O–H groups in total. The summed E-state index contributed by atoms with van der Waals surface area (Å²) in [6.45, 7) is 3.36. The van der Waals surface area contributed by atoms with Crippen molar-refractivity contribution < 1.29 is 21.9 Å². The summed E-state index contributed by atoms with van der Waals surface area (Å²) in [6.07, 6.45) is 1.28. The van der Waals surface area contributed by atoms with Gasteiger partial charge in [-0.3, -0.25) is 0 Å². The van der Waals surface area contributed by atoms with Crippen molar-refractivity contribution in [3.63, 3.8) is 0 Å². The van der Waals surface area contributed by atoms with Gasteiger partial charge in [-0.05, 0) is 67.4 Å². The molecule has 0 saturated carbocycles. The van der Waals surface area contributed by atoms with E-state index in [-0.39, 0.29) is 29.9 Å². The lowest BCUT2D eigenvalue weighted by atomic mass is 10.1. The molecular formula is C26H24F2N4O3S. The molecule has 10 heteroatoms. The van der Waals surface area contributed by atoms with Gasteiger partial charge in [0.1, 0.15) is 30.3 Å². The summed E-state index contributed by atoms with van der Waals surface area (Å²) in [5, 5.41) is 2.55. The van der Waals surface area contributed by atoms with E-state index in [9.17, 15) is 17.2 Å². The van der Waals surface area contributed by atoms with E-state index in [0.29, 0.717) is 28.1 Å². The third-order valence-electron chi connectivity index (χ3n) is 5.31. The van der Waals surface area contributed by atoms with Crippen molar-refractivity contribution in [3.8, 4) is 17.1 Å². The van der Waals surface area contributed by atoms with Crippen molar-refractivity contribution in [2.24, 2.45) is 0 Å². The third-order valence-corrected chi connectivity index (χ3v) is 7.48. The Labute approximate surface area is 208 Å². The van der Waals surface area contributed by atoms with Crippen LogP contribution in [0.15, 0.2) is 73.1 Å². The number of nitrogens with zero attached hydrogens (tertiary/aromatic N) is 3. The highest BCUT2D eigenvalue weighted by atomic mass is 32.2. The maximum atomic E-state index is 14.1. The topological polar surface area (TPSA) is 94.1 Å². The van der Waals surface area contributed by atoms with E-state index < -0.39 is 20.9 Å². The molecule has 0 radical (unpaired) electrons. The monoisotopic (exact) mass is 510 g/mol. The minimum Gasteiger partial charge on any atom is -0.488 e. The average Bonchev–Trinajstić information content (AvgIpc) is 2.83. The predicted molar refractivity (Wildman–Crippen MR) is 133 cm³/mol. The molecule has 0 bridgehead atoms. The summed E-state index contributed by atoms with van der Waals surface area (Å²) in [7, 11) is -3.26.